The van der Waals surface area contributed by atoms with Gasteiger partial charge in [0.2, 0.25) is 11.7 Å². The summed E-state index contributed by atoms with van der Waals surface area (Å²) in [4.78, 5) is 54.7. The standard InChI is InChI=1S/C20H19N5O6.Na.H/c1-22-15-14(18(29)23(2)20(22)30)25-17(28)12(9-13(26)31-3)16(27)24(19(25)21-15)10-11-7-5-4-6-8-11;;/h4-8,27H,9-10H2,1-3H3;;/q;+1;-1. The van der Waals surface area contributed by atoms with Crippen molar-refractivity contribution in [2.75, 3.05) is 7.11 Å². The van der Waals surface area contributed by atoms with Gasteiger partial charge in [-0.05, 0) is 5.56 Å². The topological polar surface area (TPSA) is 130 Å². The minimum atomic E-state index is -0.791. The Morgan fingerprint density at radius 3 is 2.38 bits per heavy atom. The number of fused-ring (bicyclic) bond motifs is 3. The van der Waals surface area contributed by atoms with Gasteiger partial charge in [-0.15, -0.1) is 0 Å². The number of aromatic hydroxyl groups is 1. The summed E-state index contributed by atoms with van der Waals surface area (Å²) in [6, 6.07) is 9.07. The van der Waals surface area contributed by atoms with E-state index >= 15 is 0 Å². The molecule has 4 aromatic rings. The van der Waals surface area contributed by atoms with Crippen LogP contribution in [0.3, 0.4) is 0 Å². The second kappa shape index (κ2) is 8.77. The molecule has 0 saturated heterocycles. The number of methoxy groups -OCH3 is 1. The van der Waals surface area contributed by atoms with Crippen molar-refractivity contribution in [2.45, 2.75) is 13.0 Å². The monoisotopic (exact) mass is 449 g/mol. The smallest absolute Gasteiger partial charge is 1.00 e. The summed E-state index contributed by atoms with van der Waals surface area (Å²) in [5.74, 6) is -1.24. The van der Waals surface area contributed by atoms with Crippen molar-refractivity contribution >= 4 is 22.9 Å². The van der Waals surface area contributed by atoms with E-state index in [2.05, 4.69) is 9.72 Å². The molecule has 0 aliphatic carbocycles. The third-order valence-electron chi connectivity index (χ3n) is 5.20. The molecule has 0 unspecified atom stereocenters. The van der Waals surface area contributed by atoms with Crippen LogP contribution in [0.2, 0.25) is 0 Å². The van der Waals surface area contributed by atoms with Gasteiger partial charge in [-0.2, -0.15) is 4.98 Å². The van der Waals surface area contributed by atoms with Crippen molar-refractivity contribution in [3.05, 3.63) is 72.7 Å². The number of rotatable bonds is 4. The number of carbonyl (C=O) groups excluding carboxylic acids is 1. The fourth-order valence-electron chi connectivity index (χ4n) is 3.53. The summed E-state index contributed by atoms with van der Waals surface area (Å²) in [6.07, 6.45) is -0.502. The van der Waals surface area contributed by atoms with Crippen LogP contribution in [0.1, 0.15) is 12.6 Å². The summed E-state index contributed by atoms with van der Waals surface area (Å²) in [5, 5.41) is 10.9. The van der Waals surface area contributed by atoms with E-state index in [-0.39, 0.29) is 60.0 Å². The Kier molecular flexibility index (Phi) is 6.44. The molecule has 0 radical (unpaired) electrons. The molecule has 0 saturated carbocycles. The van der Waals surface area contributed by atoms with Crippen molar-refractivity contribution in [3.8, 4) is 5.88 Å². The first kappa shape index (κ1) is 23.5. The van der Waals surface area contributed by atoms with E-state index in [0.717, 1.165) is 19.1 Å². The van der Waals surface area contributed by atoms with Gasteiger partial charge in [-0.3, -0.25) is 28.1 Å². The zero-order valence-corrected chi connectivity index (χ0v) is 20.0. The van der Waals surface area contributed by atoms with E-state index in [0.29, 0.717) is 0 Å². The first-order valence-electron chi connectivity index (χ1n) is 9.29. The van der Waals surface area contributed by atoms with Crippen LogP contribution in [0.5, 0.6) is 5.88 Å². The van der Waals surface area contributed by atoms with Gasteiger partial charge < -0.3 is 11.3 Å². The number of aryl methyl sites for hydroxylation is 1. The first-order chi connectivity index (χ1) is 14.8. The molecule has 0 aliphatic heterocycles. The average molecular weight is 449 g/mol. The molecule has 12 heteroatoms. The minimum absolute atomic E-state index is 0. The second-order valence-corrected chi connectivity index (χ2v) is 7.06. The number of imidazole rings is 1. The van der Waals surface area contributed by atoms with Crippen LogP contribution in [0, 0.1) is 0 Å². The van der Waals surface area contributed by atoms with Gasteiger partial charge in [0, 0.05) is 14.1 Å². The van der Waals surface area contributed by atoms with E-state index < -0.39 is 35.1 Å². The average Bonchev–Trinajstić information content (AvgIpc) is 3.18. The molecule has 1 N–H and O–H groups in total. The summed E-state index contributed by atoms with van der Waals surface area (Å²) in [7, 11) is 3.89. The molecule has 32 heavy (non-hydrogen) atoms. The van der Waals surface area contributed by atoms with Gasteiger partial charge in [0.05, 0.1) is 25.6 Å². The van der Waals surface area contributed by atoms with E-state index in [1.54, 1.807) is 0 Å². The third kappa shape index (κ3) is 3.57. The Hall–Kier alpha value is -3.15. The molecule has 4 rings (SSSR count). The Morgan fingerprint density at radius 2 is 1.75 bits per heavy atom. The van der Waals surface area contributed by atoms with E-state index in [9.17, 15) is 24.3 Å². The summed E-state index contributed by atoms with van der Waals surface area (Å²) in [5.41, 5.74) is -1.73. The molecular weight excluding hydrogens is 429 g/mol. The normalized spacial score (nSPS) is 11.0. The molecule has 0 amide bonds. The Labute approximate surface area is 203 Å². The second-order valence-electron chi connectivity index (χ2n) is 7.06. The van der Waals surface area contributed by atoms with E-state index in [4.69, 9.17) is 0 Å². The van der Waals surface area contributed by atoms with Gasteiger partial charge >= 0.3 is 41.2 Å². The maximum absolute atomic E-state index is 13.2. The molecule has 0 fully saturated rings. The minimum Gasteiger partial charge on any atom is -1.00 e. The summed E-state index contributed by atoms with van der Waals surface area (Å²) in [6.45, 7) is 0.0994. The van der Waals surface area contributed by atoms with Crippen molar-refractivity contribution in [2.24, 2.45) is 14.1 Å². The van der Waals surface area contributed by atoms with Gasteiger partial charge in [-0.25, -0.2) is 9.20 Å². The van der Waals surface area contributed by atoms with Crippen molar-refractivity contribution in [1.82, 2.24) is 23.1 Å². The first-order valence-corrected chi connectivity index (χ1v) is 9.29. The zero-order chi connectivity index (χ0) is 22.4. The van der Waals surface area contributed by atoms with Gasteiger partial charge in [0.1, 0.15) is 0 Å². The van der Waals surface area contributed by atoms with Crippen LogP contribution >= 0.6 is 0 Å². The number of carbonyl (C=O) groups is 1. The van der Waals surface area contributed by atoms with Crippen molar-refractivity contribution < 1.29 is 45.6 Å². The molecule has 11 nitrogen and oxygen atoms in total. The molecule has 0 atom stereocenters. The van der Waals surface area contributed by atoms with Crippen LogP contribution < -0.4 is 46.4 Å². The predicted molar refractivity (Wildman–Crippen MR) is 111 cm³/mol. The zero-order valence-electron chi connectivity index (χ0n) is 19.0. The molecule has 0 spiro atoms. The fraction of sp³-hybridized carbons (Fsp3) is 0.250. The maximum Gasteiger partial charge on any atom is 1.00 e. The van der Waals surface area contributed by atoms with Gasteiger partial charge in [-0.1, -0.05) is 30.3 Å². The maximum atomic E-state index is 13.2. The Bertz CT molecular complexity index is 1540. The number of esters is 1. The van der Waals surface area contributed by atoms with E-state index in [1.807, 2.05) is 30.3 Å². The quantitative estimate of drug-likeness (QED) is 0.254. The molecule has 0 bridgehead atoms. The fourth-order valence-corrected chi connectivity index (χ4v) is 3.53. The number of ether oxygens (including phenoxy) is 1. The molecular formula is C20H20N5NaO6. The number of nitrogens with zero attached hydrogens (tertiary/aromatic N) is 5. The largest absolute Gasteiger partial charge is 1.00 e. The summed E-state index contributed by atoms with van der Waals surface area (Å²) < 4.78 is 9.00. The number of benzene rings is 1. The Balaban J connectivity index is 0.00000193. The SMILES string of the molecule is COC(=O)Cc1c(O)n(Cc2ccccc2)c2nc3c(c(=O)n(C)c(=O)n3C)n2c1=O.[H-].[Na+]. The van der Waals surface area contributed by atoms with Crippen LogP contribution in [-0.4, -0.2) is 41.3 Å². The molecule has 1 aromatic carbocycles. The molecule has 3 heterocycles. The number of hydrogen-bond donors (Lipinski definition) is 1. The predicted octanol–water partition coefficient (Wildman–Crippen LogP) is -3.37. The molecule has 162 valence electrons. The van der Waals surface area contributed by atoms with Gasteiger partial charge in [0.25, 0.3) is 11.1 Å². The van der Waals surface area contributed by atoms with Crippen LogP contribution in [0.15, 0.2) is 44.7 Å². The number of aromatic nitrogens is 5. The third-order valence-corrected chi connectivity index (χ3v) is 5.20. The summed E-state index contributed by atoms with van der Waals surface area (Å²) >= 11 is 0. The van der Waals surface area contributed by atoms with Crippen molar-refractivity contribution in [1.29, 1.82) is 0 Å². The molecule has 3 aromatic heterocycles. The van der Waals surface area contributed by atoms with Crippen LogP contribution in [0.25, 0.3) is 16.9 Å². The molecule has 0 aliphatic rings. The van der Waals surface area contributed by atoms with Crippen LogP contribution in [-0.2, 0) is 36.6 Å². The van der Waals surface area contributed by atoms with Gasteiger partial charge in [0.15, 0.2) is 11.2 Å². The van der Waals surface area contributed by atoms with E-state index in [1.165, 1.54) is 25.8 Å². The Morgan fingerprint density at radius 1 is 1.09 bits per heavy atom. The van der Waals surface area contributed by atoms with Crippen molar-refractivity contribution in [3.63, 3.8) is 0 Å². The van der Waals surface area contributed by atoms with Crippen LogP contribution in [0.4, 0.5) is 0 Å². The number of hydrogen-bond acceptors (Lipinski definition) is 7.